The molecule has 4 heterocycles. The molecule has 1 aromatic carbocycles. The van der Waals surface area contributed by atoms with E-state index in [0.29, 0.717) is 44.1 Å². The Kier molecular flexibility index (Phi) is 5.83. The minimum atomic E-state index is -0.217. The molecule has 0 radical (unpaired) electrons. The molecule has 0 N–H and O–H groups in total. The van der Waals surface area contributed by atoms with E-state index in [1.165, 1.54) is 5.56 Å². The van der Waals surface area contributed by atoms with Crippen LogP contribution < -0.4 is 4.90 Å². The van der Waals surface area contributed by atoms with Crippen LogP contribution in [0.3, 0.4) is 0 Å². The lowest BCUT2D eigenvalue weighted by atomic mass is 10.1. The quantitative estimate of drug-likeness (QED) is 0.678. The zero-order chi connectivity index (χ0) is 22.9. The van der Waals surface area contributed by atoms with E-state index in [-0.39, 0.29) is 30.3 Å². The first-order valence-electron chi connectivity index (χ1n) is 11.8. The van der Waals surface area contributed by atoms with Crippen molar-refractivity contribution < 1.29 is 14.4 Å². The predicted molar refractivity (Wildman–Crippen MR) is 122 cm³/mol. The topological polar surface area (TPSA) is 86.7 Å². The maximum atomic E-state index is 13.0. The molecule has 2 aromatic rings. The van der Waals surface area contributed by atoms with E-state index < -0.39 is 0 Å². The molecule has 0 bridgehead atoms. The number of hydrogen-bond donors (Lipinski definition) is 0. The van der Waals surface area contributed by atoms with Crippen molar-refractivity contribution in [3.05, 3.63) is 53.0 Å². The van der Waals surface area contributed by atoms with Crippen LogP contribution in [0, 0.1) is 6.92 Å². The molecule has 3 aliphatic rings. The van der Waals surface area contributed by atoms with Crippen LogP contribution >= 0.6 is 0 Å². The molecule has 0 aliphatic carbocycles. The number of fused-ring (bicyclic) bond motifs is 1. The van der Waals surface area contributed by atoms with Gasteiger partial charge in [0.1, 0.15) is 5.82 Å². The second kappa shape index (κ2) is 8.92. The molecule has 0 saturated carbocycles. The van der Waals surface area contributed by atoms with Crippen molar-refractivity contribution in [3.63, 3.8) is 0 Å². The average molecular weight is 448 g/mol. The third-order valence-electron chi connectivity index (χ3n) is 6.93. The lowest BCUT2D eigenvalue weighted by molar-refractivity contribution is -0.139. The lowest BCUT2D eigenvalue weighted by Gasteiger charge is -2.27. The van der Waals surface area contributed by atoms with Crippen LogP contribution in [0.5, 0.6) is 0 Å². The van der Waals surface area contributed by atoms with Crippen LogP contribution in [0.4, 0.5) is 5.82 Å². The maximum Gasteiger partial charge on any atom is 0.242 e. The number of amides is 3. The van der Waals surface area contributed by atoms with Crippen LogP contribution in [-0.4, -0.2) is 63.7 Å². The van der Waals surface area contributed by atoms with Gasteiger partial charge in [-0.15, -0.1) is 0 Å². The summed E-state index contributed by atoms with van der Waals surface area (Å²) in [6.45, 7) is 3.90. The largest absolute Gasteiger partial charge is 0.333 e. The summed E-state index contributed by atoms with van der Waals surface area (Å²) in [6, 6.07) is 9.89. The van der Waals surface area contributed by atoms with Gasteiger partial charge >= 0.3 is 0 Å². The molecule has 3 aliphatic heterocycles. The van der Waals surface area contributed by atoms with Crippen LogP contribution in [0.2, 0.25) is 0 Å². The summed E-state index contributed by atoms with van der Waals surface area (Å²) >= 11 is 0. The van der Waals surface area contributed by atoms with Crippen molar-refractivity contribution >= 4 is 23.5 Å². The van der Waals surface area contributed by atoms with Crippen LogP contribution in [0.15, 0.2) is 30.3 Å². The SMILES string of the molecule is Cc1nc([C@H]2CCCN2C(=O)CN2CCCC2=O)nc2c1CC(=O)N2CCc1ccccc1. The van der Waals surface area contributed by atoms with E-state index in [2.05, 4.69) is 12.1 Å². The van der Waals surface area contributed by atoms with Gasteiger partial charge < -0.3 is 9.80 Å². The van der Waals surface area contributed by atoms with Gasteiger partial charge in [-0.25, -0.2) is 9.97 Å². The van der Waals surface area contributed by atoms with E-state index >= 15 is 0 Å². The molecule has 0 spiro atoms. The summed E-state index contributed by atoms with van der Waals surface area (Å²) < 4.78 is 0. The number of hydrogen-bond acceptors (Lipinski definition) is 5. The van der Waals surface area contributed by atoms with Gasteiger partial charge in [0.05, 0.1) is 19.0 Å². The Bertz CT molecular complexity index is 1090. The number of rotatable bonds is 6. The first-order valence-corrected chi connectivity index (χ1v) is 11.8. The molecule has 33 heavy (non-hydrogen) atoms. The maximum absolute atomic E-state index is 13.0. The van der Waals surface area contributed by atoms with Crippen molar-refractivity contribution in [1.29, 1.82) is 0 Å². The van der Waals surface area contributed by atoms with Gasteiger partial charge in [-0.05, 0) is 38.2 Å². The van der Waals surface area contributed by atoms with E-state index in [4.69, 9.17) is 9.97 Å². The molecule has 8 nitrogen and oxygen atoms in total. The summed E-state index contributed by atoms with van der Waals surface area (Å²) in [5, 5.41) is 0. The summed E-state index contributed by atoms with van der Waals surface area (Å²) in [5.41, 5.74) is 2.86. The number of carbonyl (C=O) groups excluding carboxylic acids is 3. The zero-order valence-corrected chi connectivity index (χ0v) is 19.0. The number of anilines is 1. The first kappa shape index (κ1) is 21.6. The molecule has 0 unspecified atom stereocenters. The third kappa shape index (κ3) is 4.21. The summed E-state index contributed by atoms with van der Waals surface area (Å²) in [6.07, 6.45) is 4.07. The fourth-order valence-electron chi connectivity index (χ4n) is 5.12. The number of carbonyl (C=O) groups is 3. The van der Waals surface area contributed by atoms with Crippen molar-refractivity contribution in [2.24, 2.45) is 0 Å². The van der Waals surface area contributed by atoms with Crippen LogP contribution in [-0.2, 0) is 27.2 Å². The Morgan fingerprint density at radius 1 is 1.06 bits per heavy atom. The highest BCUT2D eigenvalue weighted by atomic mass is 16.2. The second-order valence-electron chi connectivity index (χ2n) is 9.09. The van der Waals surface area contributed by atoms with E-state index in [0.717, 1.165) is 36.9 Å². The Balaban J connectivity index is 1.36. The monoisotopic (exact) mass is 447 g/mol. The van der Waals surface area contributed by atoms with Crippen LogP contribution in [0.1, 0.15) is 54.4 Å². The predicted octanol–water partition coefficient (Wildman–Crippen LogP) is 2.20. The van der Waals surface area contributed by atoms with Gasteiger partial charge in [0.25, 0.3) is 0 Å². The van der Waals surface area contributed by atoms with Crippen LogP contribution in [0.25, 0.3) is 0 Å². The molecule has 1 atom stereocenters. The highest BCUT2D eigenvalue weighted by molar-refractivity contribution is 6.00. The van der Waals surface area contributed by atoms with E-state index in [9.17, 15) is 14.4 Å². The number of nitrogens with zero attached hydrogens (tertiary/aromatic N) is 5. The smallest absolute Gasteiger partial charge is 0.242 e. The van der Waals surface area contributed by atoms with Gasteiger partial charge in [-0.2, -0.15) is 0 Å². The van der Waals surface area contributed by atoms with Gasteiger partial charge in [-0.1, -0.05) is 30.3 Å². The zero-order valence-electron chi connectivity index (χ0n) is 19.0. The minimum absolute atomic E-state index is 0.0439. The fourth-order valence-corrected chi connectivity index (χ4v) is 5.12. The molecule has 1 aromatic heterocycles. The van der Waals surface area contributed by atoms with Gasteiger partial charge in [0, 0.05) is 37.3 Å². The number of likely N-dealkylation sites (tertiary alicyclic amines) is 2. The Labute approximate surface area is 193 Å². The summed E-state index contributed by atoms with van der Waals surface area (Å²) in [4.78, 5) is 52.6. The minimum Gasteiger partial charge on any atom is -0.333 e. The highest BCUT2D eigenvalue weighted by Gasteiger charge is 2.37. The molecule has 8 heteroatoms. The van der Waals surface area contributed by atoms with Crippen molar-refractivity contribution in [3.8, 4) is 0 Å². The van der Waals surface area contributed by atoms with Crippen molar-refractivity contribution in [1.82, 2.24) is 19.8 Å². The number of aromatic nitrogens is 2. The average Bonchev–Trinajstić information content (AvgIpc) is 3.52. The number of aryl methyl sites for hydroxylation is 1. The van der Waals surface area contributed by atoms with Gasteiger partial charge in [0.15, 0.2) is 5.82 Å². The van der Waals surface area contributed by atoms with Gasteiger partial charge in [-0.3, -0.25) is 19.3 Å². The third-order valence-corrected chi connectivity index (χ3v) is 6.93. The highest BCUT2D eigenvalue weighted by Crippen LogP contribution is 2.35. The molecule has 3 amide bonds. The molecule has 2 saturated heterocycles. The second-order valence-corrected chi connectivity index (χ2v) is 9.09. The Morgan fingerprint density at radius 3 is 2.64 bits per heavy atom. The van der Waals surface area contributed by atoms with Gasteiger partial charge in [0.2, 0.25) is 17.7 Å². The molecule has 5 rings (SSSR count). The normalized spacial score (nSPS) is 20.2. The summed E-state index contributed by atoms with van der Waals surface area (Å²) in [7, 11) is 0. The first-order chi connectivity index (χ1) is 16.0. The molecule has 172 valence electrons. The Hall–Kier alpha value is -3.29. The molecule has 2 fully saturated rings. The number of benzene rings is 1. The Morgan fingerprint density at radius 2 is 1.88 bits per heavy atom. The fraction of sp³-hybridized carbons (Fsp3) is 0.480. The lowest BCUT2D eigenvalue weighted by Crippen LogP contribution is -2.41. The molecular weight excluding hydrogens is 418 g/mol. The van der Waals surface area contributed by atoms with E-state index in [1.54, 1.807) is 9.80 Å². The molecular formula is C25H29N5O3. The van der Waals surface area contributed by atoms with Crippen molar-refractivity contribution in [2.75, 3.05) is 31.1 Å². The van der Waals surface area contributed by atoms with E-state index in [1.807, 2.05) is 30.0 Å². The van der Waals surface area contributed by atoms with Crippen molar-refractivity contribution in [2.45, 2.75) is 51.5 Å². The summed E-state index contributed by atoms with van der Waals surface area (Å²) in [5.74, 6) is 1.34. The standard InChI is InChI=1S/C25H29N5O3/c1-17-19-15-22(32)30(14-11-18-7-3-2-4-8-18)25(19)27-24(26-17)20-9-5-13-29(20)23(33)16-28-12-6-10-21(28)31/h2-4,7-8,20H,5-6,9-16H2,1H3/t20-/m1/s1.